The fraction of sp³-hybridized carbons (Fsp3) is 0.333. The maximum atomic E-state index is 13.0. The molecule has 0 aliphatic heterocycles. The van der Waals surface area contributed by atoms with Gasteiger partial charge < -0.3 is 4.74 Å². The number of carbonyl (C=O) groups is 1. The molecule has 0 fully saturated rings. The quantitative estimate of drug-likeness (QED) is 0.383. The Bertz CT molecular complexity index is 1380. The molecule has 168 valence electrons. The second kappa shape index (κ2) is 7.96. The van der Waals surface area contributed by atoms with E-state index in [-0.39, 0.29) is 24.0 Å². The molecule has 4 rings (SSSR count). The van der Waals surface area contributed by atoms with Crippen LogP contribution < -0.4 is 5.56 Å². The van der Waals surface area contributed by atoms with Gasteiger partial charge in [0, 0.05) is 16.1 Å². The van der Waals surface area contributed by atoms with Crippen molar-refractivity contribution < 1.29 is 22.7 Å². The molecule has 0 saturated heterocycles. The minimum absolute atomic E-state index is 0.0212. The summed E-state index contributed by atoms with van der Waals surface area (Å²) >= 11 is 2.51. The molecule has 0 spiro atoms. The molecule has 0 saturated carbocycles. The molecule has 11 heteroatoms. The molecule has 3 heterocycles. The molecule has 4 aromatic rings. The van der Waals surface area contributed by atoms with Gasteiger partial charge in [0.1, 0.15) is 10.6 Å². The molecule has 0 unspecified atom stereocenters. The predicted octanol–water partition coefficient (Wildman–Crippen LogP) is 5.02. The number of nitrogens with zero attached hydrogens (tertiary/aromatic N) is 3. The molecule has 0 N–H and O–H groups in total. The van der Waals surface area contributed by atoms with E-state index in [0.29, 0.717) is 26.2 Å². The number of rotatable bonds is 4. The van der Waals surface area contributed by atoms with Gasteiger partial charge in [-0.05, 0) is 39.0 Å². The van der Waals surface area contributed by atoms with Gasteiger partial charge in [-0.2, -0.15) is 29.6 Å². The van der Waals surface area contributed by atoms with E-state index in [1.165, 1.54) is 33.4 Å². The molecular formula is C21H18F3N3O3S2. The van der Waals surface area contributed by atoms with Gasteiger partial charge in [-0.25, -0.2) is 9.67 Å². The Morgan fingerprint density at radius 1 is 1.16 bits per heavy atom. The Hall–Kier alpha value is -2.79. The largest absolute Gasteiger partial charge is 0.460 e. The lowest BCUT2D eigenvalue weighted by Crippen LogP contribution is -2.28. The molecular weight excluding hydrogens is 463 g/mol. The van der Waals surface area contributed by atoms with Crippen LogP contribution in [-0.4, -0.2) is 26.3 Å². The monoisotopic (exact) mass is 481 g/mol. The third-order valence-electron chi connectivity index (χ3n) is 4.46. The number of benzene rings is 1. The minimum Gasteiger partial charge on any atom is -0.460 e. The van der Waals surface area contributed by atoms with Crippen LogP contribution in [0.15, 0.2) is 33.8 Å². The first kappa shape index (κ1) is 22.4. The van der Waals surface area contributed by atoms with Crippen molar-refractivity contribution in [3.8, 4) is 0 Å². The van der Waals surface area contributed by atoms with E-state index in [9.17, 15) is 22.8 Å². The van der Waals surface area contributed by atoms with E-state index >= 15 is 0 Å². The lowest BCUT2D eigenvalue weighted by molar-refractivity contribution is -0.154. The SMILES string of the molecule is CC(C)(C)OC(=O)Cc1nn(Cc2nc3cc(C(F)(F)F)ccc3s2)c(=O)c2cscc12. The Kier molecular flexibility index (Phi) is 5.58. The van der Waals surface area contributed by atoms with Gasteiger partial charge >= 0.3 is 12.1 Å². The summed E-state index contributed by atoms with van der Waals surface area (Å²) in [6, 6.07) is 3.36. The number of ether oxygens (including phenoxy) is 1. The highest BCUT2D eigenvalue weighted by Crippen LogP contribution is 2.33. The van der Waals surface area contributed by atoms with Crippen molar-refractivity contribution in [3.05, 3.63) is 55.6 Å². The number of thiazole rings is 1. The van der Waals surface area contributed by atoms with Gasteiger partial charge in [0.2, 0.25) is 0 Å². The van der Waals surface area contributed by atoms with Crippen molar-refractivity contribution in [1.82, 2.24) is 14.8 Å². The fourth-order valence-corrected chi connectivity index (χ4v) is 4.93. The third-order valence-corrected chi connectivity index (χ3v) is 6.22. The topological polar surface area (TPSA) is 74.1 Å². The summed E-state index contributed by atoms with van der Waals surface area (Å²) in [6.07, 6.45) is -4.57. The average Bonchev–Trinajstić information content (AvgIpc) is 3.29. The van der Waals surface area contributed by atoms with Crippen LogP contribution in [0.3, 0.4) is 0 Å². The highest BCUT2D eigenvalue weighted by atomic mass is 32.1. The molecule has 0 bridgehead atoms. The number of halogens is 3. The molecule has 32 heavy (non-hydrogen) atoms. The van der Waals surface area contributed by atoms with Crippen molar-refractivity contribution >= 4 is 49.6 Å². The Morgan fingerprint density at radius 3 is 2.56 bits per heavy atom. The van der Waals surface area contributed by atoms with Crippen LogP contribution in [0, 0.1) is 0 Å². The number of hydrogen-bond acceptors (Lipinski definition) is 7. The van der Waals surface area contributed by atoms with Gasteiger partial charge in [0.05, 0.1) is 39.8 Å². The van der Waals surface area contributed by atoms with Crippen LogP contribution in [0.4, 0.5) is 13.2 Å². The molecule has 1 aromatic carbocycles. The zero-order valence-electron chi connectivity index (χ0n) is 17.3. The molecule has 0 aliphatic carbocycles. The van der Waals surface area contributed by atoms with Crippen molar-refractivity contribution in [2.75, 3.05) is 0 Å². The number of fused-ring (bicyclic) bond motifs is 2. The van der Waals surface area contributed by atoms with Crippen molar-refractivity contribution in [3.63, 3.8) is 0 Å². The second-order valence-electron chi connectivity index (χ2n) is 8.16. The summed E-state index contributed by atoms with van der Waals surface area (Å²) in [7, 11) is 0. The normalized spacial score (nSPS) is 12.6. The number of thiophene rings is 1. The summed E-state index contributed by atoms with van der Waals surface area (Å²) in [4.78, 5) is 29.5. The number of esters is 1. The standard InChI is InChI=1S/C21H18F3N3O3S2/c1-20(2,3)30-18(28)7-14-12-9-31-10-13(12)19(29)27(26-14)8-17-25-15-6-11(21(22,23)24)4-5-16(15)32-17/h4-6,9-10H,7-8H2,1-3H3. The van der Waals surface area contributed by atoms with Crippen LogP contribution in [0.5, 0.6) is 0 Å². The highest BCUT2D eigenvalue weighted by molar-refractivity contribution is 7.18. The lowest BCUT2D eigenvalue weighted by atomic mass is 10.1. The molecule has 0 radical (unpaired) electrons. The first-order chi connectivity index (χ1) is 14.9. The summed E-state index contributed by atoms with van der Waals surface area (Å²) in [5.41, 5.74) is -1.19. The predicted molar refractivity (Wildman–Crippen MR) is 117 cm³/mol. The first-order valence-electron chi connectivity index (χ1n) is 9.55. The zero-order valence-corrected chi connectivity index (χ0v) is 19.0. The molecule has 3 aromatic heterocycles. The molecule has 0 atom stereocenters. The number of hydrogen-bond donors (Lipinski definition) is 0. The Morgan fingerprint density at radius 2 is 1.88 bits per heavy atom. The average molecular weight is 482 g/mol. The maximum Gasteiger partial charge on any atom is 0.416 e. The molecule has 0 amide bonds. The van der Waals surface area contributed by atoms with Gasteiger partial charge in [-0.15, -0.1) is 11.3 Å². The van der Waals surface area contributed by atoms with Crippen molar-refractivity contribution in [1.29, 1.82) is 0 Å². The lowest BCUT2D eigenvalue weighted by Gasteiger charge is -2.19. The second-order valence-corrected chi connectivity index (χ2v) is 10.0. The summed E-state index contributed by atoms with van der Waals surface area (Å²) in [5.74, 6) is -0.470. The summed E-state index contributed by atoms with van der Waals surface area (Å²) in [5, 5.41) is 9.24. The van der Waals surface area contributed by atoms with Crippen LogP contribution in [-0.2, 0) is 28.7 Å². The van der Waals surface area contributed by atoms with Crippen LogP contribution in [0.2, 0.25) is 0 Å². The van der Waals surface area contributed by atoms with E-state index in [1.807, 2.05) is 0 Å². The highest BCUT2D eigenvalue weighted by Gasteiger charge is 2.31. The van der Waals surface area contributed by atoms with E-state index in [2.05, 4.69) is 10.1 Å². The number of aromatic nitrogens is 3. The smallest absolute Gasteiger partial charge is 0.416 e. The van der Waals surface area contributed by atoms with Gasteiger partial charge in [-0.3, -0.25) is 9.59 Å². The molecule has 6 nitrogen and oxygen atoms in total. The van der Waals surface area contributed by atoms with E-state index in [4.69, 9.17) is 4.74 Å². The van der Waals surface area contributed by atoms with Gasteiger partial charge in [0.25, 0.3) is 5.56 Å². The van der Waals surface area contributed by atoms with E-state index in [0.717, 1.165) is 12.1 Å². The zero-order chi connectivity index (χ0) is 23.3. The number of alkyl halides is 3. The maximum absolute atomic E-state index is 13.0. The van der Waals surface area contributed by atoms with Crippen LogP contribution >= 0.6 is 22.7 Å². The summed E-state index contributed by atoms with van der Waals surface area (Å²) < 4.78 is 46.1. The fourth-order valence-electron chi connectivity index (χ4n) is 3.17. The van der Waals surface area contributed by atoms with Gasteiger partial charge in [-0.1, -0.05) is 0 Å². The Labute approximate surface area is 188 Å². The van der Waals surface area contributed by atoms with E-state index < -0.39 is 23.3 Å². The van der Waals surface area contributed by atoms with Crippen molar-refractivity contribution in [2.24, 2.45) is 0 Å². The van der Waals surface area contributed by atoms with Crippen molar-refractivity contribution in [2.45, 2.75) is 45.5 Å². The Balaban J connectivity index is 1.69. The van der Waals surface area contributed by atoms with Crippen LogP contribution in [0.25, 0.3) is 21.0 Å². The third kappa shape index (κ3) is 4.68. The first-order valence-corrected chi connectivity index (χ1v) is 11.3. The number of carbonyl (C=O) groups excluding carboxylic acids is 1. The van der Waals surface area contributed by atoms with Crippen LogP contribution in [0.1, 0.15) is 37.0 Å². The summed E-state index contributed by atoms with van der Waals surface area (Å²) in [6.45, 7) is 5.26. The molecule has 0 aliphatic rings. The van der Waals surface area contributed by atoms with E-state index in [1.54, 1.807) is 31.5 Å². The minimum atomic E-state index is -4.46. The van der Waals surface area contributed by atoms with Gasteiger partial charge in [0.15, 0.2) is 0 Å².